The minimum absolute atomic E-state index is 0.0928. The molecule has 3 rings (SSSR count). The molecule has 8 heteroatoms. The van der Waals surface area contributed by atoms with Gasteiger partial charge in [-0.2, -0.15) is 4.31 Å². The molecule has 1 N–H and O–H groups in total. The molecule has 2 aromatic rings. The van der Waals surface area contributed by atoms with E-state index in [1.54, 1.807) is 30.0 Å². The van der Waals surface area contributed by atoms with Crippen molar-refractivity contribution >= 4 is 33.4 Å². The highest BCUT2D eigenvalue weighted by Crippen LogP contribution is 2.32. The quantitative estimate of drug-likeness (QED) is 0.629. The molecule has 0 saturated carbocycles. The first kappa shape index (κ1) is 21.7. The third kappa shape index (κ3) is 4.94. The van der Waals surface area contributed by atoms with E-state index in [1.807, 2.05) is 32.0 Å². The summed E-state index contributed by atoms with van der Waals surface area (Å²) in [7, 11) is -3.68. The van der Waals surface area contributed by atoms with Gasteiger partial charge in [0.15, 0.2) is 0 Å². The predicted octanol–water partition coefficient (Wildman–Crippen LogP) is 4.23. The number of nitrogens with zero attached hydrogens (tertiary/aromatic N) is 1. The number of carbonyl (C=O) groups excluding carboxylic acids is 1. The summed E-state index contributed by atoms with van der Waals surface area (Å²) in [6.45, 7) is 5.21. The molecule has 1 aliphatic heterocycles. The van der Waals surface area contributed by atoms with Gasteiger partial charge in [0.25, 0.3) is 5.91 Å². The normalized spacial score (nSPS) is 14.7. The van der Waals surface area contributed by atoms with Crippen molar-refractivity contribution < 1.29 is 17.9 Å². The van der Waals surface area contributed by atoms with Crippen molar-refractivity contribution in [1.82, 2.24) is 4.31 Å². The Morgan fingerprint density at radius 3 is 2.55 bits per heavy atom. The van der Waals surface area contributed by atoms with E-state index < -0.39 is 10.0 Å². The molecule has 1 aliphatic rings. The molecular weight excluding hydrogens is 408 g/mol. The van der Waals surface area contributed by atoms with Crippen LogP contribution in [0.3, 0.4) is 0 Å². The SMILES string of the molecule is CCOc1ccc(NC(=O)c2ccccc2SCC)cc1S(=O)(=O)N1CCCC1. The van der Waals surface area contributed by atoms with Crippen molar-refractivity contribution in [3.63, 3.8) is 0 Å². The molecule has 29 heavy (non-hydrogen) atoms. The topological polar surface area (TPSA) is 75.7 Å². The third-order valence-corrected chi connectivity index (χ3v) is 7.49. The number of amides is 1. The molecule has 0 bridgehead atoms. The maximum Gasteiger partial charge on any atom is 0.256 e. The largest absolute Gasteiger partial charge is 0.492 e. The van der Waals surface area contributed by atoms with Crippen LogP contribution in [0.2, 0.25) is 0 Å². The molecule has 0 aromatic heterocycles. The van der Waals surface area contributed by atoms with Gasteiger partial charge in [-0.25, -0.2) is 8.42 Å². The molecule has 156 valence electrons. The lowest BCUT2D eigenvalue weighted by Crippen LogP contribution is -2.28. The number of hydrogen-bond acceptors (Lipinski definition) is 5. The van der Waals surface area contributed by atoms with E-state index in [2.05, 4.69) is 5.32 Å². The first-order chi connectivity index (χ1) is 14.0. The summed E-state index contributed by atoms with van der Waals surface area (Å²) in [5.74, 6) is 0.889. The van der Waals surface area contributed by atoms with Crippen molar-refractivity contribution in [2.45, 2.75) is 36.5 Å². The lowest BCUT2D eigenvalue weighted by atomic mass is 10.2. The number of hydrogen-bond donors (Lipinski definition) is 1. The summed E-state index contributed by atoms with van der Waals surface area (Å²) in [6, 6.07) is 12.2. The van der Waals surface area contributed by atoms with Crippen LogP contribution < -0.4 is 10.1 Å². The number of sulfonamides is 1. The molecule has 0 aliphatic carbocycles. The number of benzene rings is 2. The second kappa shape index (κ2) is 9.65. The second-order valence-electron chi connectivity index (χ2n) is 6.59. The molecule has 1 fully saturated rings. The minimum atomic E-state index is -3.68. The number of rotatable bonds is 8. The highest BCUT2D eigenvalue weighted by molar-refractivity contribution is 7.99. The van der Waals surface area contributed by atoms with Crippen LogP contribution in [-0.2, 0) is 10.0 Å². The van der Waals surface area contributed by atoms with Gasteiger partial charge in [-0.3, -0.25) is 4.79 Å². The fourth-order valence-corrected chi connectivity index (χ4v) is 5.74. The van der Waals surface area contributed by atoms with Crippen LogP contribution in [0.15, 0.2) is 52.3 Å². The summed E-state index contributed by atoms with van der Waals surface area (Å²) in [4.78, 5) is 13.8. The van der Waals surface area contributed by atoms with E-state index in [0.717, 1.165) is 23.5 Å². The Hall–Kier alpha value is -2.03. The minimum Gasteiger partial charge on any atom is -0.492 e. The Balaban J connectivity index is 1.92. The van der Waals surface area contributed by atoms with Gasteiger partial charge in [-0.05, 0) is 55.9 Å². The monoisotopic (exact) mass is 434 g/mol. The summed E-state index contributed by atoms with van der Waals surface area (Å²) in [6.07, 6.45) is 1.71. The number of carbonyl (C=O) groups is 1. The third-order valence-electron chi connectivity index (χ3n) is 4.62. The zero-order valence-electron chi connectivity index (χ0n) is 16.7. The van der Waals surface area contributed by atoms with Gasteiger partial charge in [0.05, 0.1) is 12.2 Å². The molecule has 6 nitrogen and oxygen atoms in total. The van der Waals surface area contributed by atoms with Crippen LogP contribution in [0, 0.1) is 0 Å². The van der Waals surface area contributed by atoms with Crippen molar-refractivity contribution in [1.29, 1.82) is 0 Å². The van der Waals surface area contributed by atoms with Crippen LogP contribution in [0.4, 0.5) is 5.69 Å². The van der Waals surface area contributed by atoms with Gasteiger partial charge in [0.1, 0.15) is 10.6 Å². The number of ether oxygens (including phenoxy) is 1. The highest BCUT2D eigenvalue weighted by Gasteiger charge is 2.30. The van der Waals surface area contributed by atoms with Crippen LogP contribution in [0.5, 0.6) is 5.75 Å². The van der Waals surface area contributed by atoms with E-state index in [-0.39, 0.29) is 10.8 Å². The molecule has 0 atom stereocenters. The lowest BCUT2D eigenvalue weighted by molar-refractivity contribution is 0.102. The zero-order valence-corrected chi connectivity index (χ0v) is 18.3. The fraction of sp³-hybridized carbons (Fsp3) is 0.381. The molecule has 1 heterocycles. The standard InChI is InChI=1S/C21H26N2O4S2/c1-3-27-18-12-11-16(15-20(18)29(25,26)23-13-7-8-14-23)22-21(24)17-9-5-6-10-19(17)28-4-2/h5-6,9-12,15H,3-4,7-8,13-14H2,1-2H3,(H,22,24). The zero-order chi connectivity index (χ0) is 20.9. The first-order valence-corrected chi connectivity index (χ1v) is 12.2. The van der Waals surface area contributed by atoms with Gasteiger partial charge in [0.2, 0.25) is 10.0 Å². The van der Waals surface area contributed by atoms with E-state index in [4.69, 9.17) is 4.74 Å². The molecule has 2 aromatic carbocycles. The Kier molecular flexibility index (Phi) is 7.21. The van der Waals surface area contributed by atoms with Gasteiger partial charge in [-0.1, -0.05) is 19.1 Å². The average molecular weight is 435 g/mol. The van der Waals surface area contributed by atoms with E-state index in [9.17, 15) is 13.2 Å². The number of anilines is 1. The predicted molar refractivity (Wildman–Crippen MR) is 116 cm³/mol. The maximum atomic E-state index is 13.1. The summed E-state index contributed by atoms with van der Waals surface area (Å²) in [5.41, 5.74) is 0.990. The Bertz CT molecular complexity index is 970. The van der Waals surface area contributed by atoms with Crippen molar-refractivity contribution in [2.24, 2.45) is 0 Å². The number of thioether (sulfide) groups is 1. The molecule has 0 spiro atoms. The Morgan fingerprint density at radius 1 is 1.14 bits per heavy atom. The molecule has 0 unspecified atom stereocenters. The smallest absolute Gasteiger partial charge is 0.256 e. The number of nitrogens with one attached hydrogen (secondary N) is 1. The van der Waals surface area contributed by atoms with Crippen molar-refractivity contribution in [3.8, 4) is 5.75 Å². The van der Waals surface area contributed by atoms with Gasteiger partial charge in [0, 0.05) is 23.7 Å². The maximum absolute atomic E-state index is 13.1. The Morgan fingerprint density at radius 2 is 1.86 bits per heavy atom. The lowest BCUT2D eigenvalue weighted by Gasteiger charge is -2.19. The summed E-state index contributed by atoms with van der Waals surface area (Å²) >= 11 is 1.59. The van der Waals surface area contributed by atoms with E-state index in [0.29, 0.717) is 36.7 Å². The Labute approximate surface area is 176 Å². The first-order valence-electron chi connectivity index (χ1n) is 9.77. The van der Waals surface area contributed by atoms with Crippen LogP contribution in [0.25, 0.3) is 0 Å². The molecule has 1 amide bonds. The van der Waals surface area contributed by atoms with Crippen molar-refractivity contribution in [3.05, 3.63) is 48.0 Å². The van der Waals surface area contributed by atoms with Crippen molar-refractivity contribution in [2.75, 3.05) is 30.8 Å². The second-order valence-corrected chi connectivity index (χ2v) is 9.80. The van der Waals surface area contributed by atoms with E-state index in [1.165, 1.54) is 10.4 Å². The average Bonchev–Trinajstić information content (AvgIpc) is 3.26. The molecular formula is C21H26N2O4S2. The van der Waals surface area contributed by atoms with E-state index >= 15 is 0 Å². The van der Waals surface area contributed by atoms with Crippen LogP contribution in [-0.4, -0.2) is 44.1 Å². The summed E-state index contributed by atoms with van der Waals surface area (Å²) in [5, 5.41) is 2.84. The van der Waals surface area contributed by atoms with Gasteiger partial charge >= 0.3 is 0 Å². The van der Waals surface area contributed by atoms with Crippen LogP contribution in [0.1, 0.15) is 37.0 Å². The van der Waals surface area contributed by atoms with Gasteiger partial charge in [-0.15, -0.1) is 11.8 Å². The van der Waals surface area contributed by atoms with Crippen LogP contribution >= 0.6 is 11.8 Å². The highest BCUT2D eigenvalue weighted by atomic mass is 32.2. The molecule has 0 radical (unpaired) electrons. The summed E-state index contributed by atoms with van der Waals surface area (Å²) < 4.78 is 33.2. The van der Waals surface area contributed by atoms with Gasteiger partial charge < -0.3 is 10.1 Å². The fourth-order valence-electron chi connectivity index (χ4n) is 3.26. The molecule has 1 saturated heterocycles.